The number of pyridine rings is 1. The number of aryl methyl sites for hydroxylation is 2. The minimum atomic E-state index is -0.211. The molecule has 5 nitrogen and oxygen atoms in total. The molecule has 3 heterocycles. The van der Waals surface area contributed by atoms with E-state index in [0.717, 1.165) is 10.7 Å². The molecule has 0 aromatic carbocycles. The molecule has 3 rings (SSSR count). The highest BCUT2D eigenvalue weighted by Crippen LogP contribution is 2.25. The molecule has 0 aliphatic rings. The van der Waals surface area contributed by atoms with Gasteiger partial charge >= 0.3 is 0 Å². The zero-order chi connectivity index (χ0) is 18.0. The molecule has 0 saturated heterocycles. The zero-order valence-electron chi connectivity index (χ0n) is 13.6. The van der Waals surface area contributed by atoms with Crippen LogP contribution in [0.15, 0.2) is 28.0 Å². The van der Waals surface area contributed by atoms with Gasteiger partial charge in [-0.3, -0.25) is 4.79 Å². The summed E-state index contributed by atoms with van der Waals surface area (Å²) in [5.41, 5.74) is 2.02. The predicted octanol–water partition coefficient (Wildman–Crippen LogP) is 4.58. The smallest absolute Gasteiger partial charge is 0.224 e. The first-order valence-electron chi connectivity index (χ1n) is 7.52. The summed E-state index contributed by atoms with van der Waals surface area (Å²) >= 11 is 13.8. The molecular formula is C17H15Cl2N3O2S. The van der Waals surface area contributed by atoms with Gasteiger partial charge in [0, 0.05) is 21.7 Å². The van der Waals surface area contributed by atoms with Gasteiger partial charge in [0.25, 0.3) is 0 Å². The van der Waals surface area contributed by atoms with E-state index >= 15 is 0 Å². The third-order valence-corrected chi connectivity index (χ3v) is 4.90. The molecule has 0 saturated carbocycles. The highest BCUT2D eigenvalue weighted by atomic mass is 35.5. The summed E-state index contributed by atoms with van der Waals surface area (Å²) in [5.74, 6) is 1.12. The zero-order valence-corrected chi connectivity index (χ0v) is 15.9. The van der Waals surface area contributed by atoms with Gasteiger partial charge in [-0.2, -0.15) is 0 Å². The monoisotopic (exact) mass is 395 g/mol. The Morgan fingerprint density at radius 1 is 1.28 bits per heavy atom. The lowest BCUT2D eigenvalue weighted by molar-refractivity contribution is -0.120. The number of thiazole rings is 1. The third-order valence-electron chi connectivity index (χ3n) is 3.48. The number of hydrogen-bond donors (Lipinski definition) is 1. The second-order valence-corrected chi connectivity index (χ2v) is 7.31. The van der Waals surface area contributed by atoms with Crippen LogP contribution in [-0.4, -0.2) is 15.9 Å². The Kier molecular flexibility index (Phi) is 5.42. The van der Waals surface area contributed by atoms with Crippen molar-refractivity contribution in [3.63, 3.8) is 0 Å². The number of amides is 1. The van der Waals surface area contributed by atoms with Gasteiger partial charge in [-0.1, -0.05) is 23.2 Å². The Bertz CT molecular complexity index is 897. The van der Waals surface area contributed by atoms with Crippen molar-refractivity contribution >= 4 is 40.4 Å². The number of hydrogen-bond acceptors (Lipinski definition) is 5. The van der Waals surface area contributed by atoms with Crippen molar-refractivity contribution in [1.82, 2.24) is 15.3 Å². The van der Waals surface area contributed by atoms with Gasteiger partial charge in [0.1, 0.15) is 16.6 Å². The molecule has 130 valence electrons. The van der Waals surface area contributed by atoms with Crippen molar-refractivity contribution in [2.75, 3.05) is 0 Å². The quantitative estimate of drug-likeness (QED) is 0.641. The maximum atomic E-state index is 12.1. The molecule has 0 aliphatic carbocycles. The third kappa shape index (κ3) is 4.39. The Morgan fingerprint density at radius 3 is 2.76 bits per heavy atom. The van der Waals surface area contributed by atoms with E-state index in [9.17, 15) is 4.79 Å². The molecule has 0 aliphatic heterocycles. The normalized spacial score (nSPS) is 10.9. The van der Waals surface area contributed by atoms with Crippen LogP contribution < -0.4 is 5.32 Å². The van der Waals surface area contributed by atoms with E-state index in [1.165, 1.54) is 0 Å². The summed E-state index contributed by atoms with van der Waals surface area (Å²) in [4.78, 5) is 20.6. The van der Waals surface area contributed by atoms with Crippen LogP contribution in [0.1, 0.15) is 22.0 Å². The van der Waals surface area contributed by atoms with Gasteiger partial charge in [-0.15, -0.1) is 11.3 Å². The van der Waals surface area contributed by atoms with Crippen molar-refractivity contribution in [3.05, 3.63) is 55.8 Å². The first-order valence-corrected chi connectivity index (χ1v) is 9.15. The predicted molar refractivity (Wildman–Crippen MR) is 99.1 cm³/mol. The molecular weight excluding hydrogens is 381 g/mol. The first kappa shape index (κ1) is 17.9. The number of aromatic nitrogens is 2. The molecule has 1 N–H and O–H groups in total. The maximum absolute atomic E-state index is 12.1. The highest BCUT2D eigenvalue weighted by molar-refractivity contribution is 7.09. The summed E-state index contributed by atoms with van der Waals surface area (Å²) in [7, 11) is 0. The standard InChI is InChI=1S/C17H15Cl2N3O2S/c1-9-5-13(18)12(17(19)21-9)6-16(23)20-7-11-3-4-15(24-11)14-8-25-10(2)22-14/h3-5,8H,6-7H2,1-2H3,(H,20,23). The van der Waals surface area contributed by atoms with E-state index in [0.29, 0.717) is 27.8 Å². The van der Waals surface area contributed by atoms with Gasteiger partial charge in [-0.25, -0.2) is 9.97 Å². The van der Waals surface area contributed by atoms with Crippen LogP contribution in [0.3, 0.4) is 0 Å². The van der Waals surface area contributed by atoms with Gasteiger partial charge in [0.2, 0.25) is 5.91 Å². The second kappa shape index (κ2) is 7.56. The summed E-state index contributed by atoms with van der Waals surface area (Å²) in [6.07, 6.45) is 0.0593. The summed E-state index contributed by atoms with van der Waals surface area (Å²) in [6, 6.07) is 5.34. The molecule has 0 atom stereocenters. The van der Waals surface area contributed by atoms with Crippen LogP contribution in [0.5, 0.6) is 0 Å². The van der Waals surface area contributed by atoms with Crippen molar-refractivity contribution in [2.24, 2.45) is 0 Å². The minimum Gasteiger partial charge on any atom is -0.458 e. The molecule has 0 unspecified atom stereocenters. The Labute approximate surface area is 159 Å². The molecule has 0 radical (unpaired) electrons. The Balaban J connectivity index is 1.61. The number of nitrogens with one attached hydrogen (secondary N) is 1. The highest BCUT2D eigenvalue weighted by Gasteiger charge is 2.14. The average Bonchev–Trinajstić information content (AvgIpc) is 3.17. The summed E-state index contributed by atoms with van der Waals surface area (Å²) in [5, 5.41) is 6.39. The molecule has 1 amide bonds. The van der Waals surface area contributed by atoms with Gasteiger partial charge in [0.05, 0.1) is 18.0 Å². The van der Waals surface area contributed by atoms with Crippen molar-refractivity contribution in [3.8, 4) is 11.5 Å². The van der Waals surface area contributed by atoms with E-state index in [-0.39, 0.29) is 24.0 Å². The molecule has 0 spiro atoms. The van der Waals surface area contributed by atoms with Crippen LogP contribution in [0, 0.1) is 13.8 Å². The summed E-state index contributed by atoms with van der Waals surface area (Å²) < 4.78 is 5.71. The Hall–Kier alpha value is -1.89. The first-order chi connectivity index (χ1) is 11.9. The molecule has 0 bridgehead atoms. The van der Waals surface area contributed by atoms with E-state index < -0.39 is 0 Å². The van der Waals surface area contributed by atoms with E-state index in [4.69, 9.17) is 27.6 Å². The van der Waals surface area contributed by atoms with Gasteiger partial charge in [0.15, 0.2) is 5.76 Å². The van der Waals surface area contributed by atoms with Crippen LogP contribution in [0.25, 0.3) is 11.5 Å². The van der Waals surface area contributed by atoms with Crippen molar-refractivity contribution in [1.29, 1.82) is 0 Å². The fourth-order valence-corrected chi connectivity index (χ4v) is 3.54. The van der Waals surface area contributed by atoms with Crippen LogP contribution in [-0.2, 0) is 17.8 Å². The van der Waals surface area contributed by atoms with Gasteiger partial charge in [-0.05, 0) is 32.0 Å². The number of carbonyl (C=O) groups is 1. The van der Waals surface area contributed by atoms with Crippen molar-refractivity contribution in [2.45, 2.75) is 26.8 Å². The average molecular weight is 396 g/mol. The fraction of sp³-hybridized carbons (Fsp3) is 0.235. The second-order valence-electron chi connectivity index (χ2n) is 5.49. The number of halogens is 2. The largest absolute Gasteiger partial charge is 0.458 e. The van der Waals surface area contributed by atoms with Crippen LogP contribution in [0.2, 0.25) is 10.2 Å². The lowest BCUT2D eigenvalue weighted by Crippen LogP contribution is -2.24. The van der Waals surface area contributed by atoms with Crippen LogP contribution in [0.4, 0.5) is 0 Å². The molecule has 3 aromatic heterocycles. The molecule has 3 aromatic rings. The lowest BCUT2D eigenvalue weighted by Gasteiger charge is -2.08. The van der Waals surface area contributed by atoms with Crippen LogP contribution >= 0.6 is 34.5 Å². The number of nitrogens with zero attached hydrogens (tertiary/aromatic N) is 2. The molecule has 8 heteroatoms. The number of carbonyl (C=O) groups excluding carboxylic acids is 1. The van der Waals surface area contributed by atoms with E-state index in [2.05, 4.69) is 15.3 Å². The van der Waals surface area contributed by atoms with Gasteiger partial charge < -0.3 is 9.73 Å². The lowest BCUT2D eigenvalue weighted by atomic mass is 10.2. The minimum absolute atomic E-state index is 0.0593. The molecule has 25 heavy (non-hydrogen) atoms. The number of furan rings is 1. The maximum Gasteiger partial charge on any atom is 0.224 e. The molecule has 0 fully saturated rings. The Morgan fingerprint density at radius 2 is 2.08 bits per heavy atom. The van der Waals surface area contributed by atoms with E-state index in [1.54, 1.807) is 24.3 Å². The van der Waals surface area contributed by atoms with Crippen molar-refractivity contribution < 1.29 is 9.21 Å². The topological polar surface area (TPSA) is 68.0 Å². The summed E-state index contributed by atoms with van der Waals surface area (Å²) in [6.45, 7) is 4.00. The SMILES string of the molecule is Cc1cc(Cl)c(CC(=O)NCc2ccc(-c3csc(C)n3)o2)c(Cl)n1. The number of rotatable bonds is 5. The van der Waals surface area contributed by atoms with E-state index in [1.807, 2.05) is 24.4 Å². The fourth-order valence-electron chi connectivity index (χ4n) is 2.28.